The quantitative estimate of drug-likeness (QED) is 0.862. The summed E-state index contributed by atoms with van der Waals surface area (Å²) in [5, 5.41) is 2.88. The minimum Gasteiger partial charge on any atom is -0.381 e. The maximum atomic E-state index is 12.4. The van der Waals surface area contributed by atoms with Gasteiger partial charge in [-0.15, -0.1) is 0 Å². The fourth-order valence-corrected chi connectivity index (χ4v) is 2.77. The number of benzene rings is 1. The molecule has 132 valence electrons. The van der Waals surface area contributed by atoms with Crippen LogP contribution in [0.5, 0.6) is 0 Å². The van der Waals surface area contributed by atoms with Crippen LogP contribution in [0.15, 0.2) is 24.3 Å². The Hall–Kier alpha value is -1.92. The van der Waals surface area contributed by atoms with Crippen molar-refractivity contribution in [1.29, 1.82) is 0 Å². The SMILES string of the molecule is CC(=O)N(Cc1ccc(NC(=O)C2(N)CCOCC2)cc1)C(C)C. The monoisotopic (exact) mass is 333 g/mol. The number of amides is 2. The molecule has 6 nitrogen and oxygen atoms in total. The second kappa shape index (κ2) is 7.77. The molecule has 2 amide bonds. The molecule has 0 aliphatic carbocycles. The van der Waals surface area contributed by atoms with E-state index >= 15 is 0 Å². The summed E-state index contributed by atoms with van der Waals surface area (Å²) < 4.78 is 5.26. The van der Waals surface area contributed by atoms with Crippen LogP contribution in [0.4, 0.5) is 5.69 Å². The maximum absolute atomic E-state index is 12.4. The predicted octanol–water partition coefficient (Wildman–Crippen LogP) is 1.89. The maximum Gasteiger partial charge on any atom is 0.244 e. The molecule has 1 heterocycles. The van der Waals surface area contributed by atoms with Crippen molar-refractivity contribution in [3.63, 3.8) is 0 Å². The Kier molecular flexibility index (Phi) is 5.96. The Bertz CT molecular complexity index is 578. The molecule has 2 rings (SSSR count). The first-order valence-corrected chi connectivity index (χ1v) is 8.36. The molecule has 0 aromatic heterocycles. The number of nitrogens with zero attached hydrogens (tertiary/aromatic N) is 1. The molecule has 0 unspecified atom stereocenters. The minimum atomic E-state index is -0.861. The fourth-order valence-electron chi connectivity index (χ4n) is 2.77. The van der Waals surface area contributed by atoms with Crippen LogP contribution in [-0.4, -0.2) is 41.5 Å². The molecule has 1 aliphatic rings. The number of nitrogens with one attached hydrogen (secondary N) is 1. The first kappa shape index (κ1) is 18.4. The van der Waals surface area contributed by atoms with Gasteiger partial charge in [0.1, 0.15) is 5.54 Å². The molecule has 0 saturated carbocycles. The molecule has 24 heavy (non-hydrogen) atoms. The van der Waals surface area contributed by atoms with Gasteiger partial charge in [0.25, 0.3) is 0 Å². The third kappa shape index (κ3) is 4.55. The summed E-state index contributed by atoms with van der Waals surface area (Å²) in [5.41, 5.74) is 7.04. The highest BCUT2D eigenvalue weighted by molar-refractivity contribution is 5.98. The lowest BCUT2D eigenvalue weighted by Gasteiger charge is -2.31. The molecule has 0 radical (unpaired) electrons. The molecule has 1 aromatic carbocycles. The highest BCUT2D eigenvalue weighted by Crippen LogP contribution is 2.21. The Morgan fingerprint density at radius 1 is 1.25 bits per heavy atom. The van der Waals surface area contributed by atoms with E-state index in [9.17, 15) is 9.59 Å². The largest absolute Gasteiger partial charge is 0.381 e. The van der Waals surface area contributed by atoms with Crippen molar-refractivity contribution in [3.8, 4) is 0 Å². The summed E-state index contributed by atoms with van der Waals surface area (Å²) in [5.74, 6) is -0.127. The van der Waals surface area contributed by atoms with Crippen LogP contribution in [0.3, 0.4) is 0 Å². The summed E-state index contributed by atoms with van der Waals surface area (Å²) in [6, 6.07) is 7.67. The van der Waals surface area contributed by atoms with Crippen molar-refractivity contribution in [3.05, 3.63) is 29.8 Å². The molecular weight excluding hydrogens is 306 g/mol. The summed E-state index contributed by atoms with van der Waals surface area (Å²) in [6.45, 7) is 7.13. The second-order valence-electron chi connectivity index (χ2n) is 6.66. The number of nitrogens with two attached hydrogens (primary N) is 1. The standard InChI is InChI=1S/C18H27N3O3/c1-13(2)21(14(3)22)12-15-4-6-16(7-5-15)20-17(23)18(19)8-10-24-11-9-18/h4-7,13H,8-12,19H2,1-3H3,(H,20,23). The van der Waals surface area contributed by atoms with Crippen LogP contribution in [0, 0.1) is 0 Å². The average molecular weight is 333 g/mol. The van der Waals surface area contributed by atoms with E-state index in [2.05, 4.69) is 5.32 Å². The average Bonchev–Trinajstić information content (AvgIpc) is 2.54. The molecule has 0 atom stereocenters. The summed E-state index contributed by atoms with van der Waals surface area (Å²) in [4.78, 5) is 25.8. The Morgan fingerprint density at radius 2 is 1.83 bits per heavy atom. The van der Waals surface area contributed by atoms with Gasteiger partial charge < -0.3 is 20.7 Å². The van der Waals surface area contributed by atoms with Gasteiger partial charge in [-0.25, -0.2) is 0 Å². The topological polar surface area (TPSA) is 84.7 Å². The Morgan fingerprint density at radius 3 is 2.33 bits per heavy atom. The van der Waals surface area contributed by atoms with E-state index in [0.717, 1.165) is 5.56 Å². The van der Waals surface area contributed by atoms with Gasteiger partial charge in [-0.1, -0.05) is 12.1 Å². The summed E-state index contributed by atoms with van der Waals surface area (Å²) in [7, 11) is 0. The normalized spacial score (nSPS) is 16.7. The molecule has 0 bridgehead atoms. The minimum absolute atomic E-state index is 0.0481. The van der Waals surface area contributed by atoms with Crippen LogP contribution in [0.25, 0.3) is 0 Å². The molecule has 1 aliphatic heterocycles. The van der Waals surface area contributed by atoms with E-state index < -0.39 is 5.54 Å². The van der Waals surface area contributed by atoms with Crippen LogP contribution in [0.2, 0.25) is 0 Å². The highest BCUT2D eigenvalue weighted by Gasteiger charge is 2.35. The summed E-state index contributed by atoms with van der Waals surface area (Å²) >= 11 is 0. The van der Waals surface area contributed by atoms with Gasteiger partial charge in [0.15, 0.2) is 0 Å². The molecular formula is C18H27N3O3. The lowest BCUT2D eigenvalue weighted by molar-refractivity contribution is -0.131. The third-order valence-corrected chi connectivity index (χ3v) is 4.43. The molecule has 1 fully saturated rings. The number of hydrogen-bond acceptors (Lipinski definition) is 4. The number of carbonyl (C=O) groups excluding carboxylic acids is 2. The zero-order chi connectivity index (χ0) is 17.7. The van der Waals surface area contributed by atoms with Crippen LogP contribution >= 0.6 is 0 Å². The highest BCUT2D eigenvalue weighted by atomic mass is 16.5. The fraction of sp³-hybridized carbons (Fsp3) is 0.556. The summed E-state index contributed by atoms with van der Waals surface area (Å²) in [6.07, 6.45) is 1.05. The van der Waals surface area contributed by atoms with Gasteiger partial charge in [0, 0.05) is 38.4 Å². The van der Waals surface area contributed by atoms with Crippen molar-refractivity contribution in [1.82, 2.24) is 4.90 Å². The molecule has 1 saturated heterocycles. The van der Waals surface area contributed by atoms with Gasteiger partial charge in [-0.3, -0.25) is 9.59 Å². The Labute approximate surface area is 143 Å². The van der Waals surface area contributed by atoms with Gasteiger partial charge in [0.2, 0.25) is 11.8 Å². The number of ether oxygens (including phenoxy) is 1. The Balaban J connectivity index is 1.99. The number of carbonyl (C=O) groups is 2. The lowest BCUT2D eigenvalue weighted by atomic mass is 9.90. The predicted molar refractivity (Wildman–Crippen MR) is 93.4 cm³/mol. The van der Waals surface area contributed by atoms with Crippen molar-refractivity contribution in [2.24, 2.45) is 5.73 Å². The molecule has 1 aromatic rings. The van der Waals surface area contributed by atoms with E-state index in [4.69, 9.17) is 10.5 Å². The molecule has 6 heteroatoms. The number of anilines is 1. The first-order valence-electron chi connectivity index (χ1n) is 8.36. The van der Waals surface area contributed by atoms with Crippen molar-refractivity contribution >= 4 is 17.5 Å². The van der Waals surface area contributed by atoms with Gasteiger partial charge in [0.05, 0.1) is 0 Å². The van der Waals surface area contributed by atoms with E-state index in [-0.39, 0.29) is 17.9 Å². The van der Waals surface area contributed by atoms with Crippen LogP contribution in [-0.2, 0) is 20.9 Å². The number of hydrogen-bond donors (Lipinski definition) is 2. The van der Waals surface area contributed by atoms with Crippen LogP contribution < -0.4 is 11.1 Å². The smallest absolute Gasteiger partial charge is 0.244 e. The van der Waals surface area contributed by atoms with E-state index in [1.165, 1.54) is 0 Å². The lowest BCUT2D eigenvalue weighted by Crippen LogP contribution is -2.54. The van der Waals surface area contributed by atoms with Crippen molar-refractivity contribution in [2.45, 2.75) is 51.7 Å². The molecule has 0 spiro atoms. The zero-order valence-corrected chi connectivity index (χ0v) is 14.7. The van der Waals surface area contributed by atoms with E-state index in [1.807, 2.05) is 38.1 Å². The van der Waals surface area contributed by atoms with Crippen molar-refractivity contribution < 1.29 is 14.3 Å². The van der Waals surface area contributed by atoms with E-state index in [1.54, 1.807) is 11.8 Å². The van der Waals surface area contributed by atoms with Crippen LogP contribution in [0.1, 0.15) is 39.2 Å². The zero-order valence-electron chi connectivity index (χ0n) is 14.7. The second-order valence-corrected chi connectivity index (χ2v) is 6.66. The third-order valence-electron chi connectivity index (χ3n) is 4.43. The first-order chi connectivity index (χ1) is 11.3. The van der Waals surface area contributed by atoms with Gasteiger partial charge in [-0.2, -0.15) is 0 Å². The van der Waals surface area contributed by atoms with Gasteiger partial charge in [-0.05, 0) is 44.4 Å². The van der Waals surface area contributed by atoms with Gasteiger partial charge >= 0.3 is 0 Å². The van der Waals surface area contributed by atoms with Crippen molar-refractivity contribution in [2.75, 3.05) is 18.5 Å². The molecule has 3 N–H and O–H groups in total. The number of rotatable bonds is 5. The van der Waals surface area contributed by atoms with E-state index in [0.29, 0.717) is 38.3 Å².